The average molecular weight is 436 g/mol. The summed E-state index contributed by atoms with van der Waals surface area (Å²) in [5, 5.41) is 12.2. The third-order valence-electron chi connectivity index (χ3n) is 5.95. The second-order valence-corrected chi connectivity index (χ2v) is 7.87. The Morgan fingerprint density at radius 3 is 2.31 bits per heavy atom. The third kappa shape index (κ3) is 3.91. The number of alkyl carbamates (subject to hydrolysis) is 1. The van der Waals surface area contributed by atoms with Crippen molar-refractivity contribution in [2.24, 2.45) is 0 Å². The molecule has 0 bridgehead atoms. The number of nitrogens with zero attached hydrogens (tertiary/aromatic N) is 1. The van der Waals surface area contributed by atoms with Gasteiger partial charge in [-0.2, -0.15) is 0 Å². The quantitative estimate of drug-likeness (QED) is 0.673. The molecule has 2 amide bonds. The highest BCUT2D eigenvalue weighted by molar-refractivity contribution is 5.86. The van der Waals surface area contributed by atoms with Crippen LogP contribution >= 0.6 is 0 Å². The van der Waals surface area contributed by atoms with Crippen LogP contribution in [0.15, 0.2) is 61.2 Å². The van der Waals surface area contributed by atoms with Crippen molar-refractivity contribution >= 4 is 18.2 Å². The van der Waals surface area contributed by atoms with E-state index >= 15 is 0 Å². The van der Waals surface area contributed by atoms with Gasteiger partial charge in [0, 0.05) is 18.9 Å². The van der Waals surface area contributed by atoms with Crippen molar-refractivity contribution in [1.82, 2.24) is 10.2 Å². The van der Waals surface area contributed by atoms with Crippen LogP contribution < -0.4 is 5.32 Å². The van der Waals surface area contributed by atoms with Gasteiger partial charge in [-0.1, -0.05) is 61.2 Å². The van der Waals surface area contributed by atoms with Gasteiger partial charge in [-0.3, -0.25) is 0 Å². The zero-order chi connectivity index (χ0) is 22.7. The first-order chi connectivity index (χ1) is 15.4. The Hall–Kier alpha value is -3.81. The lowest BCUT2D eigenvalue weighted by molar-refractivity contribution is -0.144. The molecule has 2 aromatic rings. The van der Waals surface area contributed by atoms with E-state index in [1.165, 1.54) is 11.0 Å². The number of likely N-dealkylation sites (tertiary alicyclic amines) is 1. The van der Waals surface area contributed by atoms with Gasteiger partial charge in [0.15, 0.2) is 5.54 Å². The number of hydrogen-bond acceptors (Lipinski definition) is 5. The fourth-order valence-electron chi connectivity index (χ4n) is 4.35. The van der Waals surface area contributed by atoms with Gasteiger partial charge in [0.2, 0.25) is 0 Å². The van der Waals surface area contributed by atoms with Gasteiger partial charge in [0.1, 0.15) is 13.2 Å². The first-order valence-electron chi connectivity index (χ1n) is 10.3. The molecule has 4 rings (SSSR count). The lowest BCUT2D eigenvalue weighted by Crippen LogP contribution is -2.56. The van der Waals surface area contributed by atoms with E-state index in [-0.39, 0.29) is 38.6 Å². The molecule has 2 aromatic carbocycles. The minimum Gasteiger partial charge on any atom is -0.479 e. The molecule has 1 atom stereocenters. The number of carboxylic acids is 1. The number of benzene rings is 2. The molecule has 0 unspecified atom stereocenters. The number of amides is 2. The topological polar surface area (TPSA) is 105 Å². The molecule has 1 aliphatic heterocycles. The van der Waals surface area contributed by atoms with Crippen LogP contribution in [0.25, 0.3) is 11.1 Å². The summed E-state index contributed by atoms with van der Waals surface area (Å²) in [6.45, 7) is 3.51. The summed E-state index contributed by atoms with van der Waals surface area (Å²) in [5.41, 5.74) is 2.69. The maximum atomic E-state index is 12.6. The molecule has 0 saturated carbocycles. The molecular weight excluding hydrogens is 412 g/mol. The van der Waals surface area contributed by atoms with E-state index < -0.39 is 23.7 Å². The van der Waals surface area contributed by atoms with Crippen molar-refractivity contribution in [3.05, 3.63) is 72.3 Å². The second-order valence-electron chi connectivity index (χ2n) is 7.87. The largest absolute Gasteiger partial charge is 0.479 e. The molecule has 0 radical (unpaired) electrons. The molecule has 2 aliphatic rings. The van der Waals surface area contributed by atoms with E-state index in [2.05, 4.69) is 11.9 Å². The van der Waals surface area contributed by atoms with Crippen LogP contribution in [-0.4, -0.2) is 60.0 Å². The van der Waals surface area contributed by atoms with E-state index in [9.17, 15) is 19.5 Å². The minimum atomic E-state index is -1.63. The normalized spacial score (nSPS) is 19.1. The van der Waals surface area contributed by atoms with Gasteiger partial charge >= 0.3 is 18.2 Å². The Kier molecular flexibility index (Phi) is 5.85. The fourth-order valence-corrected chi connectivity index (χ4v) is 4.35. The number of carbonyl (C=O) groups excluding carboxylic acids is 2. The van der Waals surface area contributed by atoms with E-state index in [0.29, 0.717) is 0 Å². The Labute approximate surface area is 185 Å². The highest BCUT2D eigenvalue weighted by atomic mass is 16.6. The van der Waals surface area contributed by atoms with E-state index in [1.807, 2.05) is 48.5 Å². The molecule has 8 heteroatoms. The van der Waals surface area contributed by atoms with Gasteiger partial charge in [0.25, 0.3) is 0 Å². The molecule has 1 saturated heterocycles. The second kappa shape index (κ2) is 8.74. The third-order valence-corrected chi connectivity index (χ3v) is 5.95. The van der Waals surface area contributed by atoms with Crippen LogP contribution in [-0.2, 0) is 14.3 Å². The first-order valence-corrected chi connectivity index (χ1v) is 10.3. The van der Waals surface area contributed by atoms with Crippen LogP contribution in [0.2, 0.25) is 0 Å². The molecule has 1 heterocycles. The summed E-state index contributed by atoms with van der Waals surface area (Å²) >= 11 is 0. The van der Waals surface area contributed by atoms with Gasteiger partial charge < -0.3 is 24.8 Å². The maximum Gasteiger partial charge on any atom is 0.410 e. The maximum absolute atomic E-state index is 12.6. The highest BCUT2D eigenvalue weighted by Crippen LogP contribution is 2.44. The summed E-state index contributed by atoms with van der Waals surface area (Å²) in [7, 11) is 0. The molecule has 166 valence electrons. The summed E-state index contributed by atoms with van der Waals surface area (Å²) < 4.78 is 10.4. The van der Waals surface area contributed by atoms with Gasteiger partial charge in [-0.15, -0.1) is 0 Å². The summed E-state index contributed by atoms with van der Waals surface area (Å²) in [5.74, 6) is -1.37. The predicted octanol–water partition coefficient (Wildman–Crippen LogP) is 3.38. The summed E-state index contributed by atoms with van der Waals surface area (Å²) in [6, 6.07) is 15.9. The molecular formula is C24H24N2O6. The standard InChI is InChI=1S/C24H24N2O6/c1-2-13-31-23(30)26-12-11-24(15-26,21(27)28)25-22(29)32-14-20-18-9-5-3-7-16(18)17-8-4-6-10-19(17)20/h2-10,20H,1,11-15H2,(H,25,29)(H,27,28)/t24-/m1/s1. The molecule has 0 spiro atoms. The van der Waals surface area contributed by atoms with E-state index in [1.54, 1.807) is 0 Å². The molecule has 0 aromatic heterocycles. The Morgan fingerprint density at radius 1 is 1.09 bits per heavy atom. The monoisotopic (exact) mass is 436 g/mol. The predicted molar refractivity (Wildman–Crippen MR) is 116 cm³/mol. The van der Waals surface area contributed by atoms with Gasteiger partial charge in [-0.25, -0.2) is 14.4 Å². The number of ether oxygens (including phenoxy) is 2. The number of hydrogen-bond donors (Lipinski definition) is 2. The SMILES string of the molecule is C=CCOC(=O)N1CC[C@](NC(=O)OCC2c3ccccc3-c3ccccc32)(C(=O)O)C1. The molecule has 1 aliphatic carbocycles. The minimum absolute atomic E-state index is 0.0230. The number of carbonyl (C=O) groups is 3. The number of rotatable bonds is 6. The van der Waals surface area contributed by atoms with Crippen LogP contribution in [0.1, 0.15) is 23.5 Å². The smallest absolute Gasteiger partial charge is 0.410 e. The summed E-state index contributed by atoms with van der Waals surface area (Å²) in [6.07, 6.45) is -0.0128. The van der Waals surface area contributed by atoms with Crippen molar-refractivity contribution in [1.29, 1.82) is 0 Å². The zero-order valence-corrected chi connectivity index (χ0v) is 17.5. The first kappa shape index (κ1) is 21.4. The number of fused-ring (bicyclic) bond motifs is 3. The number of carboxylic acid groups (broad SMARTS) is 1. The molecule has 32 heavy (non-hydrogen) atoms. The van der Waals surface area contributed by atoms with Crippen LogP contribution in [0.5, 0.6) is 0 Å². The van der Waals surface area contributed by atoms with Crippen molar-refractivity contribution in [2.75, 3.05) is 26.3 Å². The molecule has 1 fully saturated rings. The van der Waals surface area contributed by atoms with Crippen molar-refractivity contribution in [2.45, 2.75) is 17.9 Å². The van der Waals surface area contributed by atoms with Gasteiger partial charge in [-0.05, 0) is 22.3 Å². The Bertz CT molecular complexity index is 1020. The highest BCUT2D eigenvalue weighted by Gasteiger charge is 2.48. The average Bonchev–Trinajstić information content (AvgIpc) is 3.37. The Balaban J connectivity index is 1.43. The van der Waals surface area contributed by atoms with Gasteiger partial charge in [0.05, 0.1) is 6.54 Å². The van der Waals surface area contributed by atoms with Crippen molar-refractivity contribution in [3.63, 3.8) is 0 Å². The van der Waals surface area contributed by atoms with Crippen molar-refractivity contribution < 1.29 is 29.0 Å². The number of nitrogens with one attached hydrogen (secondary N) is 1. The van der Waals surface area contributed by atoms with E-state index in [0.717, 1.165) is 22.3 Å². The van der Waals surface area contributed by atoms with Crippen LogP contribution in [0.4, 0.5) is 9.59 Å². The molecule has 8 nitrogen and oxygen atoms in total. The van der Waals surface area contributed by atoms with Crippen LogP contribution in [0, 0.1) is 0 Å². The zero-order valence-electron chi connectivity index (χ0n) is 17.5. The number of aliphatic carboxylic acids is 1. The Morgan fingerprint density at radius 2 is 1.72 bits per heavy atom. The van der Waals surface area contributed by atoms with Crippen molar-refractivity contribution in [3.8, 4) is 11.1 Å². The molecule has 2 N–H and O–H groups in total. The van der Waals surface area contributed by atoms with Crippen LogP contribution in [0.3, 0.4) is 0 Å². The fraction of sp³-hybridized carbons (Fsp3) is 0.292. The summed E-state index contributed by atoms with van der Waals surface area (Å²) in [4.78, 5) is 37.9. The van der Waals surface area contributed by atoms with E-state index in [4.69, 9.17) is 9.47 Å². The lowest BCUT2D eigenvalue weighted by Gasteiger charge is -2.26. The lowest BCUT2D eigenvalue weighted by atomic mass is 9.98.